The predicted molar refractivity (Wildman–Crippen MR) is 46.1 cm³/mol. The van der Waals surface area contributed by atoms with Crippen molar-refractivity contribution in [1.29, 1.82) is 0 Å². The van der Waals surface area contributed by atoms with Crippen LogP contribution >= 0.6 is 0 Å². The summed E-state index contributed by atoms with van der Waals surface area (Å²) in [4.78, 5) is 0. The molecule has 0 radical (unpaired) electrons. The third-order valence-corrected chi connectivity index (χ3v) is 1.94. The molecule has 0 aliphatic carbocycles. The van der Waals surface area contributed by atoms with Gasteiger partial charge in [0.15, 0.2) is 0 Å². The lowest BCUT2D eigenvalue weighted by Crippen LogP contribution is -2.26. The van der Waals surface area contributed by atoms with Crippen LogP contribution in [-0.4, -0.2) is 37.1 Å². The van der Waals surface area contributed by atoms with E-state index in [-0.39, 0.29) is 12.2 Å². The largest absolute Gasteiger partial charge is 0.391 e. The number of aliphatic hydroxyl groups is 1. The summed E-state index contributed by atoms with van der Waals surface area (Å²) < 4.78 is 10.7. The van der Waals surface area contributed by atoms with Gasteiger partial charge in [0.1, 0.15) is 0 Å². The van der Waals surface area contributed by atoms with E-state index in [9.17, 15) is 0 Å². The fourth-order valence-electron chi connectivity index (χ4n) is 1.31. The van der Waals surface area contributed by atoms with Crippen molar-refractivity contribution >= 4 is 0 Å². The molecule has 12 heavy (non-hydrogen) atoms. The molecule has 0 saturated carbocycles. The van der Waals surface area contributed by atoms with E-state index in [1.54, 1.807) is 6.92 Å². The lowest BCUT2D eigenvalue weighted by molar-refractivity contribution is -0.0547. The summed E-state index contributed by atoms with van der Waals surface area (Å²) in [5.74, 6) is 0. The molecule has 1 rings (SSSR count). The molecule has 0 aromatic heterocycles. The standard InChI is InChI=1S/C9H18O3/c1-8(10)6-11-7-9-4-2-3-5-12-9/h8-10H,2-7H2,1H3/t8-,9?/m0/s1. The zero-order chi connectivity index (χ0) is 8.81. The Bertz CT molecular complexity index is 108. The van der Waals surface area contributed by atoms with Crippen molar-refractivity contribution in [1.82, 2.24) is 0 Å². The van der Waals surface area contributed by atoms with Gasteiger partial charge in [-0.05, 0) is 26.2 Å². The first-order valence-corrected chi connectivity index (χ1v) is 4.66. The van der Waals surface area contributed by atoms with Crippen LogP contribution in [0, 0.1) is 0 Å². The fraction of sp³-hybridized carbons (Fsp3) is 1.00. The molecule has 0 bridgehead atoms. The van der Waals surface area contributed by atoms with E-state index in [4.69, 9.17) is 14.6 Å². The molecule has 1 aliphatic heterocycles. The van der Waals surface area contributed by atoms with Crippen molar-refractivity contribution < 1.29 is 14.6 Å². The maximum absolute atomic E-state index is 8.92. The van der Waals surface area contributed by atoms with Gasteiger partial charge in [0.25, 0.3) is 0 Å². The van der Waals surface area contributed by atoms with Gasteiger partial charge >= 0.3 is 0 Å². The van der Waals surface area contributed by atoms with Crippen LogP contribution in [0.15, 0.2) is 0 Å². The van der Waals surface area contributed by atoms with Gasteiger partial charge in [-0.1, -0.05) is 0 Å². The molecule has 1 aliphatic rings. The lowest BCUT2D eigenvalue weighted by atomic mass is 10.1. The maximum Gasteiger partial charge on any atom is 0.0808 e. The SMILES string of the molecule is C[C@H](O)COCC1CCCCO1. The molecule has 0 spiro atoms. The van der Waals surface area contributed by atoms with Crippen molar-refractivity contribution in [2.45, 2.75) is 38.4 Å². The molecule has 2 atom stereocenters. The van der Waals surface area contributed by atoms with Crippen LogP contribution in [0.2, 0.25) is 0 Å². The Kier molecular flexibility index (Phi) is 4.58. The summed E-state index contributed by atoms with van der Waals surface area (Å²) in [5.41, 5.74) is 0. The van der Waals surface area contributed by atoms with E-state index in [1.807, 2.05) is 0 Å². The van der Waals surface area contributed by atoms with Crippen molar-refractivity contribution in [2.75, 3.05) is 19.8 Å². The van der Waals surface area contributed by atoms with E-state index >= 15 is 0 Å². The van der Waals surface area contributed by atoms with E-state index in [0.717, 1.165) is 13.0 Å². The Labute approximate surface area is 73.7 Å². The van der Waals surface area contributed by atoms with Crippen molar-refractivity contribution in [3.8, 4) is 0 Å². The Morgan fingerprint density at radius 2 is 2.42 bits per heavy atom. The zero-order valence-corrected chi connectivity index (χ0v) is 7.66. The van der Waals surface area contributed by atoms with E-state index in [1.165, 1.54) is 12.8 Å². The highest BCUT2D eigenvalue weighted by Crippen LogP contribution is 2.12. The first-order chi connectivity index (χ1) is 5.79. The molecular weight excluding hydrogens is 156 g/mol. The van der Waals surface area contributed by atoms with Gasteiger partial charge in [0.05, 0.1) is 25.4 Å². The summed E-state index contributed by atoms with van der Waals surface area (Å²) in [7, 11) is 0. The fourth-order valence-corrected chi connectivity index (χ4v) is 1.31. The average molecular weight is 174 g/mol. The topological polar surface area (TPSA) is 38.7 Å². The van der Waals surface area contributed by atoms with Gasteiger partial charge in [-0.2, -0.15) is 0 Å². The van der Waals surface area contributed by atoms with Gasteiger partial charge < -0.3 is 14.6 Å². The maximum atomic E-state index is 8.92. The smallest absolute Gasteiger partial charge is 0.0808 e. The second-order valence-electron chi connectivity index (χ2n) is 3.38. The Hall–Kier alpha value is -0.120. The van der Waals surface area contributed by atoms with Gasteiger partial charge in [0, 0.05) is 6.61 Å². The monoisotopic (exact) mass is 174 g/mol. The summed E-state index contributed by atoms with van der Waals surface area (Å²) in [6.45, 7) is 3.63. The second kappa shape index (κ2) is 5.51. The normalized spacial score (nSPS) is 27.0. The number of ether oxygens (including phenoxy) is 2. The third-order valence-electron chi connectivity index (χ3n) is 1.94. The molecule has 3 heteroatoms. The van der Waals surface area contributed by atoms with Crippen molar-refractivity contribution in [3.05, 3.63) is 0 Å². The van der Waals surface area contributed by atoms with Crippen LogP contribution in [0.1, 0.15) is 26.2 Å². The molecule has 1 saturated heterocycles. The van der Waals surface area contributed by atoms with Crippen LogP contribution in [0.5, 0.6) is 0 Å². The molecule has 1 fully saturated rings. The lowest BCUT2D eigenvalue weighted by Gasteiger charge is -2.22. The number of hydrogen-bond donors (Lipinski definition) is 1. The van der Waals surface area contributed by atoms with E-state index < -0.39 is 0 Å². The quantitative estimate of drug-likeness (QED) is 0.689. The van der Waals surface area contributed by atoms with Crippen LogP contribution in [0.25, 0.3) is 0 Å². The average Bonchev–Trinajstić information content (AvgIpc) is 2.05. The number of hydrogen-bond acceptors (Lipinski definition) is 3. The summed E-state index contributed by atoms with van der Waals surface area (Å²) >= 11 is 0. The van der Waals surface area contributed by atoms with Gasteiger partial charge in [-0.15, -0.1) is 0 Å². The van der Waals surface area contributed by atoms with Gasteiger partial charge in [-0.3, -0.25) is 0 Å². The number of aliphatic hydroxyl groups excluding tert-OH is 1. The summed E-state index contributed by atoms with van der Waals surface area (Å²) in [6, 6.07) is 0. The van der Waals surface area contributed by atoms with Crippen molar-refractivity contribution in [2.24, 2.45) is 0 Å². The second-order valence-corrected chi connectivity index (χ2v) is 3.38. The zero-order valence-electron chi connectivity index (χ0n) is 7.66. The highest BCUT2D eigenvalue weighted by Gasteiger charge is 2.13. The van der Waals surface area contributed by atoms with Crippen molar-refractivity contribution in [3.63, 3.8) is 0 Å². The molecule has 0 aromatic rings. The van der Waals surface area contributed by atoms with Crippen LogP contribution in [0.3, 0.4) is 0 Å². The predicted octanol–water partition coefficient (Wildman–Crippen LogP) is 0.953. The Morgan fingerprint density at radius 3 is 3.00 bits per heavy atom. The van der Waals surface area contributed by atoms with E-state index in [2.05, 4.69) is 0 Å². The molecule has 1 N–H and O–H groups in total. The Balaban J connectivity index is 1.98. The minimum atomic E-state index is -0.367. The number of rotatable bonds is 4. The molecule has 72 valence electrons. The molecule has 1 heterocycles. The van der Waals surface area contributed by atoms with E-state index in [0.29, 0.717) is 13.2 Å². The highest BCUT2D eigenvalue weighted by atomic mass is 16.5. The first kappa shape index (κ1) is 9.96. The van der Waals surface area contributed by atoms with Crippen LogP contribution < -0.4 is 0 Å². The molecule has 0 aromatic carbocycles. The molecule has 0 amide bonds. The minimum absolute atomic E-state index is 0.262. The third kappa shape index (κ3) is 4.04. The van der Waals surface area contributed by atoms with Crippen LogP contribution in [0.4, 0.5) is 0 Å². The Morgan fingerprint density at radius 1 is 1.58 bits per heavy atom. The van der Waals surface area contributed by atoms with Crippen LogP contribution in [-0.2, 0) is 9.47 Å². The summed E-state index contributed by atoms with van der Waals surface area (Å²) in [6.07, 6.45) is 3.40. The molecule has 1 unspecified atom stereocenters. The minimum Gasteiger partial charge on any atom is -0.391 e. The molecular formula is C9H18O3. The molecule has 3 nitrogen and oxygen atoms in total. The highest BCUT2D eigenvalue weighted by molar-refractivity contribution is 4.62. The first-order valence-electron chi connectivity index (χ1n) is 4.66. The van der Waals surface area contributed by atoms with Gasteiger partial charge in [-0.25, -0.2) is 0 Å². The summed E-state index contributed by atoms with van der Waals surface area (Å²) in [5, 5.41) is 8.92. The van der Waals surface area contributed by atoms with Gasteiger partial charge in [0.2, 0.25) is 0 Å².